The smallest absolute Gasteiger partial charge is 0.126 e. The molecule has 0 aliphatic rings. The second kappa shape index (κ2) is 5.71. The highest BCUT2D eigenvalue weighted by atomic mass is 28.3. The molecular weight excluding hydrogens is 232 g/mol. The Morgan fingerprint density at radius 3 is 2.00 bits per heavy atom. The van der Waals surface area contributed by atoms with Gasteiger partial charge in [-0.15, -0.1) is 5.54 Å². The van der Waals surface area contributed by atoms with Crippen LogP contribution in [0.4, 0.5) is 0 Å². The van der Waals surface area contributed by atoms with Gasteiger partial charge in [0.05, 0.1) is 0 Å². The highest BCUT2D eigenvalue weighted by molar-refractivity contribution is 6.84. The number of hydrogen-bond donors (Lipinski definition) is 0. The van der Waals surface area contributed by atoms with Crippen LogP contribution < -0.4 is 0 Å². The van der Waals surface area contributed by atoms with E-state index in [0.29, 0.717) is 0 Å². The normalized spacial score (nSPS) is 10.6. The summed E-state index contributed by atoms with van der Waals surface area (Å²) in [7, 11) is -1.49. The standard InChI is InChI=1S/C17H18Si/c1-18(2,15-17-11-7-4-8-12-17)14-13-16-9-5-3-6-10-16/h3-12H,15H2,1-2H3. The molecule has 0 nitrogen and oxygen atoms in total. The van der Waals surface area contributed by atoms with Crippen LogP contribution in [-0.2, 0) is 6.04 Å². The highest BCUT2D eigenvalue weighted by Gasteiger charge is 2.18. The molecule has 0 saturated heterocycles. The predicted octanol–water partition coefficient (Wildman–Crippen LogP) is 4.07. The minimum Gasteiger partial charge on any atom is -0.126 e. The lowest BCUT2D eigenvalue weighted by Crippen LogP contribution is -2.27. The first-order chi connectivity index (χ1) is 8.66. The maximum atomic E-state index is 3.51. The molecule has 0 spiro atoms. The predicted molar refractivity (Wildman–Crippen MR) is 80.9 cm³/mol. The van der Waals surface area contributed by atoms with Crippen LogP contribution in [0, 0.1) is 11.5 Å². The van der Waals surface area contributed by atoms with Crippen molar-refractivity contribution >= 4 is 8.07 Å². The van der Waals surface area contributed by atoms with Crippen LogP contribution in [0.2, 0.25) is 13.1 Å². The quantitative estimate of drug-likeness (QED) is 0.557. The molecule has 0 aromatic heterocycles. The third-order valence-corrected chi connectivity index (χ3v) is 4.90. The first kappa shape index (κ1) is 12.7. The summed E-state index contributed by atoms with van der Waals surface area (Å²) in [5.41, 5.74) is 6.03. The van der Waals surface area contributed by atoms with Crippen LogP contribution in [0.5, 0.6) is 0 Å². The lowest BCUT2D eigenvalue weighted by atomic mass is 10.2. The lowest BCUT2D eigenvalue weighted by molar-refractivity contribution is 1.33. The topological polar surface area (TPSA) is 0 Å². The van der Waals surface area contributed by atoms with Gasteiger partial charge in [-0.3, -0.25) is 0 Å². The molecule has 0 saturated carbocycles. The average Bonchev–Trinajstić information content (AvgIpc) is 2.38. The molecule has 0 atom stereocenters. The molecule has 2 aromatic carbocycles. The third-order valence-electron chi connectivity index (χ3n) is 2.81. The second-order valence-corrected chi connectivity index (χ2v) is 9.53. The Balaban J connectivity index is 2.11. The summed E-state index contributed by atoms with van der Waals surface area (Å²) in [6.45, 7) is 4.66. The van der Waals surface area contributed by atoms with Gasteiger partial charge in [-0.25, -0.2) is 0 Å². The van der Waals surface area contributed by atoms with Crippen molar-refractivity contribution < 1.29 is 0 Å². The molecule has 0 N–H and O–H groups in total. The Bertz CT molecular complexity index is 544. The Labute approximate surface area is 111 Å². The van der Waals surface area contributed by atoms with Gasteiger partial charge in [-0.2, -0.15) is 0 Å². The molecule has 2 rings (SSSR count). The van der Waals surface area contributed by atoms with E-state index in [9.17, 15) is 0 Å². The molecule has 0 unspecified atom stereocenters. The van der Waals surface area contributed by atoms with Gasteiger partial charge in [0.1, 0.15) is 8.07 Å². The highest BCUT2D eigenvalue weighted by Crippen LogP contribution is 2.11. The Hall–Kier alpha value is -1.78. The SMILES string of the molecule is C[Si](C)(C#Cc1ccccc1)Cc1ccccc1. The summed E-state index contributed by atoms with van der Waals surface area (Å²) >= 11 is 0. The summed E-state index contributed by atoms with van der Waals surface area (Å²) in [4.78, 5) is 0. The fourth-order valence-electron chi connectivity index (χ4n) is 1.91. The van der Waals surface area contributed by atoms with Crippen LogP contribution >= 0.6 is 0 Å². The molecule has 0 radical (unpaired) electrons. The molecule has 1 heteroatoms. The summed E-state index contributed by atoms with van der Waals surface area (Å²) in [5.74, 6) is 3.32. The molecule has 0 aliphatic heterocycles. The minimum absolute atomic E-state index is 1.12. The van der Waals surface area contributed by atoms with Crippen molar-refractivity contribution in [3.63, 3.8) is 0 Å². The Kier molecular flexibility index (Phi) is 4.02. The van der Waals surface area contributed by atoms with Crippen molar-refractivity contribution in [2.75, 3.05) is 0 Å². The number of benzene rings is 2. The van der Waals surface area contributed by atoms with Crippen LogP contribution in [-0.4, -0.2) is 8.07 Å². The zero-order valence-corrected chi connectivity index (χ0v) is 12.0. The van der Waals surface area contributed by atoms with Crippen molar-refractivity contribution in [3.05, 3.63) is 71.8 Å². The third kappa shape index (κ3) is 3.91. The van der Waals surface area contributed by atoms with E-state index in [1.165, 1.54) is 5.56 Å². The summed E-state index contributed by atoms with van der Waals surface area (Å²) in [6, 6.07) is 22.0. The van der Waals surface area contributed by atoms with E-state index in [1.54, 1.807) is 0 Å². The van der Waals surface area contributed by atoms with Crippen LogP contribution in [0.1, 0.15) is 11.1 Å². The first-order valence-corrected chi connectivity index (χ1v) is 9.49. The summed E-state index contributed by atoms with van der Waals surface area (Å²) < 4.78 is 0. The van der Waals surface area contributed by atoms with Gasteiger partial charge < -0.3 is 0 Å². The van der Waals surface area contributed by atoms with E-state index in [1.807, 2.05) is 18.2 Å². The number of hydrogen-bond acceptors (Lipinski definition) is 0. The Morgan fingerprint density at radius 1 is 0.833 bits per heavy atom. The van der Waals surface area contributed by atoms with Crippen molar-refractivity contribution in [1.29, 1.82) is 0 Å². The van der Waals surface area contributed by atoms with Crippen molar-refractivity contribution in [2.24, 2.45) is 0 Å². The van der Waals surface area contributed by atoms with Crippen LogP contribution in [0.15, 0.2) is 60.7 Å². The van der Waals surface area contributed by atoms with E-state index < -0.39 is 8.07 Å². The summed E-state index contributed by atoms with van der Waals surface area (Å²) in [5, 5.41) is 0. The molecule has 0 amide bonds. The molecule has 0 aliphatic carbocycles. The fourth-order valence-corrected chi connectivity index (χ4v) is 3.74. The molecular formula is C17H18Si. The minimum atomic E-state index is -1.49. The first-order valence-electron chi connectivity index (χ1n) is 6.28. The molecule has 0 heterocycles. The fraction of sp³-hybridized carbons (Fsp3) is 0.176. The van der Waals surface area contributed by atoms with Gasteiger partial charge in [-0.05, 0) is 23.7 Å². The van der Waals surface area contributed by atoms with Gasteiger partial charge in [-0.1, -0.05) is 67.5 Å². The van der Waals surface area contributed by atoms with E-state index >= 15 is 0 Å². The van der Waals surface area contributed by atoms with E-state index in [2.05, 4.69) is 67.0 Å². The van der Waals surface area contributed by atoms with Gasteiger partial charge >= 0.3 is 0 Å². The maximum absolute atomic E-state index is 3.51. The Morgan fingerprint density at radius 2 is 1.39 bits per heavy atom. The van der Waals surface area contributed by atoms with E-state index in [0.717, 1.165) is 11.6 Å². The monoisotopic (exact) mass is 250 g/mol. The largest absolute Gasteiger partial charge is 0.137 e. The van der Waals surface area contributed by atoms with Gasteiger partial charge in [0.15, 0.2) is 0 Å². The maximum Gasteiger partial charge on any atom is 0.137 e. The zero-order chi connectivity index (χ0) is 12.8. The zero-order valence-electron chi connectivity index (χ0n) is 11.0. The average molecular weight is 250 g/mol. The molecule has 90 valence electrons. The van der Waals surface area contributed by atoms with Crippen LogP contribution in [0.25, 0.3) is 0 Å². The van der Waals surface area contributed by atoms with Gasteiger partial charge in [0.25, 0.3) is 0 Å². The second-order valence-electron chi connectivity index (χ2n) is 5.16. The van der Waals surface area contributed by atoms with Crippen molar-refractivity contribution in [1.82, 2.24) is 0 Å². The summed E-state index contributed by atoms with van der Waals surface area (Å²) in [6.07, 6.45) is 0. The van der Waals surface area contributed by atoms with Gasteiger partial charge in [0.2, 0.25) is 0 Å². The van der Waals surface area contributed by atoms with Crippen molar-refractivity contribution in [3.8, 4) is 11.5 Å². The molecule has 0 bridgehead atoms. The lowest BCUT2D eigenvalue weighted by Gasteiger charge is -2.14. The molecule has 2 aromatic rings. The molecule has 18 heavy (non-hydrogen) atoms. The van der Waals surface area contributed by atoms with Crippen LogP contribution in [0.3, 0.4) is 0 Å². The van der Waals surface area contributed by atoms with Crippen molar-refractivity contribution in [2.45, 2.75) is 19.1 Å². The molecule has 0 fully saturated rings. The van der Waals surface area contributed by atoms with E-state index in [-0.39, 0.29) is 0 Å². The van der Waals surface area contributed by atoms with Gasteiger partial charge in [0, 0.05) is 5.56 Å². The number of rotatable bonds is 2. The van der Waals surface area contributed by atoms with E-state index in [4.69, 9.17) is 0 Å².